The Balaban J connectivity index is 3.58. The van der Waals surface area contributed by atoms with E-state index in [2.05, 4.69) is 4.42 Å². The molecule has 0 N–H and O–H groups in total. The molecule has 0 aromatic carbocycles. The molecular formula is C10H10F6O. The first-order chi connectivity index (χ1) is 7.62. The van der Waals surface area contributed by atoms with E-state index in [9.17, 15) is 26.3 Å². The minimum absolute atomic E-state index is 0.238. The number of rotatable bonds is 2. The van der Waals surface area contributed by atoms with E-state index in [0.717, 1.165) is 0 Å². The van der Waals surface area contributed by atoms with Gasteiger partial charge in [0.2, 0.25) is 0 Å². The average Bonchev–Trinajstić information content (AvgIpc) is 2.54. The third-order valence-electron chi connectivity index (χ3n) is 2.26. The molecule has 1 heterocycles. The first-order valence-corrected chi connectivity index (χ1v) is 4.91. The van der Waals surface area contributed by atoms with Gasteiger partial charge in [0.1, 0.15) is 22.6 Å². The fourth-order valence-corrected chi connectivity index (χ4v) is 1.63. The van der Waals surface area contributed by atoms with E-state index in [0.29, 0.717) is 0 Å². The van der Waals surface area contributed by atoms with Gasteiger partial charge in [0.05, 0.1) is 0 Å². The van der Waals surface area contributed by atoms with Gasteiger partial charge in [-0.15, -0.1) is 0 Å². The fraction of sp³-hybridized carbons (Fsp3) is 0.600. The SMILES string of the molecule is CCc1oc(CC)c(C(F)(F)F)c1C(F)(F)F. The molecule has 17 heavy (non-hydrogen) atoms. The van der Waals surface area contributed by atoms with Gasteiger partial charge < -0.3 is 4.42 Å². The molecule has 0 unspecified atom stereocenters. The molecule has 0 amide bonds. The van der Waals surface area contributed by atoms with Crippen LogP contribution in [-0.4, -0.2) is 0 Å². The van der Waals surface area contributed by atoms with E-state index in [4.69, 9.17) is 0 Å². The summed E-state index contributed by atoms with van der Waals surface area (Å²) in [5.41, 5.74) is -3.38. The maximum absolute atomic E-state index is 12.6. The highest BCUT2D eigenvalue weighted by molar-refractivity contribution is 5.38. The molecule has 0 spiro atoms. The van der Waals surface area contributed by atoms with Crippen molar-refractivity contribution in [3.05, 3.63) is 22.6 Å². The molecule has 98 valence electrons. The summed E-state index contributed by atoms with van der Waals surface area (Å²) in [4.78, 5) is 0. The minimum Gasteiger partial charge on any atom is -0.465 e. The van der Waals surface area contributed by atoms with Crippen LogP contribution in [0.15, 0.2) is 4.42 Å². The Morgan fingerprint density at radius 3 is 1.24 bits per heavy atom. The number of hydrogen-bond donors (Lipinski definition) is 0. The zero-order valence-corrected chi connectivity index (χ0v) is 9.09. The van der Waals surface area contributed by atoms with Gasteiger partial charge in [-0.2, -0.15) is 26.3 Å². The van der Waals surface area contributed by atoms with E-state index >= 15 is 0 Å². The summed E-state index contributed by atoms with van der Waals surface area (Å²) in [6.07, 6.45) is -10.6. The molecule has 1 nitrogen and oxygen atoms in total. The molecular weight excluding hydrogens is 250 g/mol. The maximum atomic E-state index is 12.6. The first kappa shape index (κ1) is 13.9. The molecule has 1 aromatic rings. The molecule has 1 rings (SSSR count). The summed E-state index contributed by atoms with van der Waals surface area (Å²) < 4.78 is 80.4. The van der Waals surface area contributed by atoms with Crippen LogP contribution in [0.1, 0.15) is 36.5 Å². The predicted octanol–water partition coefficient (Wildman–Crippen LogP) is 4.44. The molecule has 0 aliphatic carbocycles. The minimum atomic E-state index is -5.06. The van der Waals surface area contributed by atoms with Crippen molar-refractivity contribution in [2.75, 3.05) is 0 Å². The van der Waals surface area contributed by atoms with Gasteiger partial charge in [0, 0.05) is 12.8 Å². The van der Waals surface area contributed by atoms with Crippen molar-refractivity contribution in [3.63, 3.8) is 0 Å². The molecule has 0 fully saturated rings. The quantitative estimate of drug-likeness (QED) is 0.716. The Labute approximate surface area is 93.4 Å². The van der Waals surface area contributed by atoms with Crippen molar-refractivity contribution in [2.45, 2.75) is 39.0 Å². The Morgan fingerprint density at radius 2 is 1.06 bits per heavy atom. The third-order valence-corrected chi connectivity index (χ3v) is 2.26. The van der Waals surface area contributed by atoms with Crippen LogP contribution in [0.5, 0.6) is 0 Å². The first-order valence-electron chi connectivity index (χ1n) is 4.91. The predicted molar refractivity (Wildman–Crippen MR) is 47.5 cm³/mol. The Kier molecular flexibility index (Phi) is 3.50. The van der Waals surface area contributed by atoms with Crippen molar-refractivity contribution < 1.29 is 30.8 Å². The second-order valence-electron chi connectivity index (χ2n) is 3.40. The summed E-state index contributed by atoms with van der Waals surface area (Å²) in [5.74, 6) is -1.33. The van der Waals surface area contributed by atoms with Gasteiger partial charge in [-0.05, 0) is 0 Å². The Morgan fingerprint density at radius 1 is 0.765 bits per heavy atom. The topological polar surface area (TPSA) is 13.1 Å². The van der Waals surface area contributed by atoms with E-state index in [1.165, 1.54) is 13.8 Å². The molecule has 0 atom stereocenters. The Hall–Kier alpha value is -1.14. The highest BCUT2D eigenvalue weighted by Gasteiger charge is 2.49. The highest BCUT2D eigenvalue weighted by atomic mass is 19.4. The number of alkyl halides is 6. The van der Waals surface area contributed by atoms with Crippen molar-refractivity contribution >= 4 is 0 Å². The van der Waals surface area contributed by atoms with Crippen molar-refractivity contribution in [2.24, 2.45) is 0 Å². The van der Waals surface area contributed by atoms with Crippen LogP contribution in [0.3, 0.4) is 0 Å². The van der Waals surface area contributed by atoms with Gasteiger partial charge in [0.15, 0.2) is 0 Å². The second-order valence-corrected chi connectivity index (χ2v) is 3.40. The molecule has 0 saturated heterocycles. The molecule has 0 aliphatic rings. The van der Waals surface area contributed by atoms with E-state index in [-0.39, 0.29) is 12.8 Å². The summed E-state index contributed by atoms with van der Waals surface area (Å²) in [5, 5.41) is 0. The standard InChI is InChI=1S/C10H10F6O/c1-3-5-7(9(11,12)13)8(10(14,15)16)6(4-2)17-5/h3-4H2,1-2H3. The monoisotopic (exact) mass is 260 g/mol. The van der Waals surface area contributed by atoms with Crippen LogP contribution in [-0.2, 0) is 25.2 Å². The van der Waals surface area contributed by atoms with Crippen LogP contribution in [0.4, 0.5) is 26.3 Å². The van der Waals surface area contributed by atoms with Gasteiger partial charge in [-0.1, -0.05) is 13.8 Å². The van der Waals surface area contributed by atoms with Crippen LogP contribution in [0, 0.1) is 0 Å². The number of aryl methyl sites for hydroxylation is 2. The lowest BCUT2D eigenvalue weighted by Crippen LogP contribution is -2.17. The lowest BCUT2D eigenvalue weighted by atomic mass is 10.1. The molecule has 0 radical (unpaired) electrons. The average molecular weight is 260 g/mol. The van der Waals surface area contributed by atoms with Gasteiger partial charge in [-0.3, -0.25) is 0 Å². The zero-order valence-electron chi connectivity index (χ0n) is 9.09. The van der Waals surface area contributed by atoms with Crippen molar-refractivity contribution in [1.82, 2.24) is 0 Å². The molecule has 0 aliphatic heterocycles. The largest absolute Gasteiger partial charge is 0.465 e. The zero-order chi connectivity index (χ0) is 13.4. The molecule has 0 saturated carbocycles. The molecule has 7 heteroatoms. The summed E-state index contributed by atoms with van der Waals surface area (Å²) in [7, 11) is 0. The van der Waals surface area contributed by atoms with Crippen LogP contribution in [0.2, 0.25) is 0 Å². The summed E-state index contributed by atoms with van der Waals surface area (Å²) in [6, 6.07) is 0. The van der Waals surface area contributed by atoms with Crippen molar-refractivity contribution in [3.8, 4) is 0 Å². The summed E-state index contributed by atoms with van der Waals surface area (Å²) in [6.45, 7) is 2.63. The second kappa shape index (κ2) is 4.27. The third kappa shape index (κ3) is 2.58. The van der Waals surface area contributed by atoms with E-state index in [1.807, 2.05) is 0 Å². The summed E-state index contributed by atoms with van der Waals surface area (Å²) >= 11 is 0. The van der Waals surface area contributed by atoms with E-state index < -0.39 is 35.0 Å². The van der Waals surface area contributed by atoms with Gasteiger partial charge >= 0.3 is 12.4 Å². The van der Waals surface area contributed by atoms with Crippen LogP contribution in [0.25, 0.3) is 0 Å². The van der Waals surface area contributed by atoms with Crippen LogP contribution >= 0.6 is 0 Å². The van der Waals surface area contributed by atoms with Gasteiger partial charge in [-0.25, -0.2) is 0 Å². The normalized spacial score (nSPS) is 13.2. The number of furan rings is 1. The number of hydrogen-bond acceptors (Lipinski definition) is 1. The lowest BCUT2D eigenvalue weighted by molar-refractivity contribution is -0.162. The smallest absolute Gasteiger partial charge is 0.420 e. The fourth-order valence-electron chi connectivity index (χ4n) is 1.63. The highest BCUT2D eigenvalue weighted by Crippen LogP contribution is 2.45. The maximum Gasteiger partial charge on any atom is 0.420 e. The van der Waals surface area contributed by atoms with E-state index in [1.54, 1.807) is 0 Å². The Bertz CT molecular complexity index is 362. The molecule has 0 bridgehead atoms. The molecule has 1 aromatic heterocycles. The van der Waals surface area contributed by atoms with Crippen molar-refractivity contribution in [1.29, 1.82) is 0 Å². The van der Waals surface area contributed by atoms with Gasteiger partial charge in [0.25, 0.3) is 0 Å². The lowest BCUT2D eigenvalue weighted by Gasteiger charge is -2.12. The van der Waals surface area contributed by atoms with Crippen LogP contribution < -0.4 is 0 Å². The number of halogens is 6.